The highest BCUT2D eigenvalue weighted by molar-refractivity contribution is 5.81. The number of allylic oxidation sites excluding steroid dienone is 2. The fourth-order valence-corrected chi connectivity index (χ4v) is 2.82. The molecule has 2 atom stereocenters. The molecule has 0 aliphatic heterocycles. The van der Waals surface area contributed by atoms with Crippen molar-refractivity contribution in [2.75, 3.05) is 0 Å². The van der Waals surface area contributed by atoms with Gasteiger partial charge >= 0.3 is 0 Å². The smallest absolute Gasteiger partial charge is 0.134 e. The summed E-state index contributed by atoms with van der Waals surface area (Å²) in [6, 6.07) is 0. The number of hydrogen-bond donors (Lipinski definition) is 0. The zero-order valence-corrected chi connectivity index (χ0v) is 8.60. The highest BCUT2D eigenvalue weighted by Gasteiger charge is 2.40. The molecular weight excluding hydrogens is 160 g/mol. The molecule has 0 heterocycles. The number of Topliss-reactive ketones (excluding diaryl/α,β-unsaturated/α-hetero) is 1. The Morgan fingerprint density at radius 3 is 3.00 bits per heavy atom. The summed E-state index contributed by atoms with van der Waals surface area (Å²) in [6.45, 7) is 4.57. The third kappa shape index (κ3) is 1.34. The van der Waals surface area contributed by atoms with Gasteiger partial charge in [-0.2, -0.15) is 0 Å². The highest BCUT2D eigenvalue weighted by atomic mass is 16.1. The Balaban J connectivity index is 2.32. The fraction of sp³-hybridized carbons (Fsp3) is 0.750. The summed E-state index contributed by atoms with van der Waals surface area (Å²) >= 11 is 0. The molecule has 0 spiro atoms. The molecule has 1 fully saturated rings. The lowest BCUT2D eigenvalue weighted by molar-refractivity contribution is -0.122. The van der Waals surface area contributed by atoms with Crippen molar-refractivity contribution in [2.45, 2.75) is 46.0 Å². The van der Waals surface area contributed by atoms with Crippen molar-refractivity contribution in [2.24, 2.45) is 11.3 Å². The maximum Gasteiger partial charge on any atom is 0.134 e. The largest absolute Gasteiger partial charge is 0.300 e. The number of rotatable bonds is 0. The summed E-state index contributed by atoms with van der Waals surface area (Å²) in [5, 5.41) is 0. The van der Waals surface area contributed by atoms with E-state index in [1.165, 1.54) is 12.8 Å². The molecule has 2 unspecified atom stereocenters. The first-order valence-electron chi connectivity index (χ1n) is 5.34. The third-order valence-corrected chi connectivity index (χ3v) is 4.05. The van der Waals surface area contributed by atoms with Crippen molar-refractivity contribution in [3.05, 3.63) is 11.6 Å². The van der Waals surface area contributed by atoms with Crippen LogP contribution in [0.15, 0.2) is 11.6 Å². The van der Waals surface area contributed by atoms with Crippen LogP contribution in [0.5, 0.6) is 0 Å². The van der Waals surface area contributed by atoms with Gasteiger partial charge in [0.15, 0.2) is 0 Å². The minimum Gasteiger partial charge on any atom is -0.300 e. The standard InChI is InChI=1S/C12H18O/c1-9-4-3-5-10-6-7-11(13)8-12(9,10)2/h5,9H,3-4,6-8H2,1-2H3. The van der Waals surface area contributed by atoms with Crippen LogP contribution in [0.25, 0.3) is 0 Å². The van der Waals surface area contributed by atoms with E-state index in [1.807, 2.05) is 0 Å². The number of hydrogen-bond acceptors (Lipinski definition) is 1. The van der Waals surface area contributed by atoms with Crippen LogP contribution >= 0.6 is 0 Å². The van der Waals surface area contributed by atoms with Crippen LogP contribution in [0.3, 0.4) is 0 Å². The van der Waals surface area contributed by atoms with E-state index in [4.69, 9.17) is 0 Å². The minimum absolute atomic E-state index is 0.216. The van der Waals surface area contributed by atoms with Gasteiger partial charge in [-0.3, -0.25) is 4.79 Å². The Labute approximate surface area is 80.2 Å². The van der Waals surface area contributed by atoms with E-state index in [0.29, 0.717) is 11.7 Å². The van der Waals surface area contributed by atoms with Gasteiger partial charge in [-0.05, 0) is 30.6 Å². The molecular formula is C12H18O. The summed E-state index contributed by atoms with van der Waals surface area (Å²) in [4.78, 5) is 11.4. The van der Waals surface area contributed by atoms with Gasteiger partial charge in [0.05, 0.1) is 0 Å². The van der Waals surface area contributed by atoms with Crippen molar-refractivity contribution >= 4 is 5.78 Å². The normalized spacial score (nSPS) is 39.7. The Morgan fingerprint density at radius 2 is 2.23 bits per heavy atom. The van der Waals surface area contributed by atoms with E-state index in [0.717, 1.165) is 19.3 Å². The van der Waals surface area contributed by atoms with Gasteiger partial charge in [0.25, 0.3) is 0 Å². The maximum absolute atomic E-state index is 11.4. The summed E-state index contributed by atoms with van der Waals surface area (Å²) in [6.07, 6.45) is 7.47. The molecule has 0 aromatic rings. The molecule has 0 aromatic heterocycles. The van der Waals surface area contributed by atoms with Crippen LogP contribution in [0.1, 0.15) is 46.0 Å². The molecule has 0 amide bonds. The molecule has 0 N–H and O–H groups in total. The van der Waals surface area contributed by atoms with Crippen LogP contribution in [0, 0.1) is 11.3 Å². The maximum atomic E-state index is 11.4. The van der Waals surface area contributed by atoms with Crippen molar-refractivity contribution in [1.82, 2.24) is 0 Å². The lowest BCUT2D eigenvalue weighted by Gasteiger charge is -2.43. The molecule has 1 heteroatoms. The average molecular weight is 178 g/mol. The second-order valence-corrected chi connectivity index (χ2v) is 4.84. The first-order chi connectivity index (χ1) is 6.13. The molecule has 0 radical (unpaired) electrons. The Bertz CT molecular complexity index is 264. The van der Waals surface area contributed by atoms with Gasteiger partial charge in [0.1, 0.15) is 5.78 Å². The third-order valence-electron chi connectivity index (χ3n) is 4.05. The van der Waals surface area contributed by atoms with E-state index in [2.05, 4.69) is 19.9 Å². The number of fused-ring (bicyclic) bond motifs is 1. The summed E-state index contributed by atoms with van der Waals surface area (Å²) in [7, 11) is 0. The molecule has 1 saturated carbocycles. The quantitative estimate of drug-likeness (QED) is 0.521. The number of carbonyl (C=O) groups is 1. The number of ketones is 1. The molecule has 13 heavy (non-hydrogen) atoms. The van der Waals surface area contributed by atoms with Crippen LogP contribution in [-0.4, -0.2) is 5.78 Å². The van der Waals surface area contributed by atoms with Crippen molar-refractivity contribution < 1.29 is 4.79 Å². The predicted octanol–water partition coefficient (Wildman–Crippen LogP) is 3.10. The van der Waals surface area contributed by atoms with Gasteiger partial charge in [-0.15, -0.1) is 0 Å². The zero-order valence-electron chi connectivity index (χ0n) is 8.60. The Kier molecular flexibility index (Phi) is 2.05. The van der Waals surface area contributed by atoms with Gasteiger partial charge < -0.3 is 0 Å². The monoisotopic (exact) mass is 178 g/mol. The second kappa shape index (κ2) is 2.97. The average Bonchev–Trinajstić information content (AvgIpc) is 2.07. The summed E-state index contributed by atoms with van der Waals surface area (Å²) in [5.74, 6) is 1.16. The van der Waals surface area contributed by atoms with E-state index < -0.39 is 0 Å². The molecule has 0 bridgehead atoms. The lowest BCUT2D eigenvalue weighted by Crippen LogP contribution is -2.36. The summed E-state index contributed by atoms with van der Waals surface area (Å²) < 4.78 is 0. The van der Waals surface area contributed by atoms with Crippen LogP contribution < -0.4 is 0 Å². The van der Waals surface area contributed by atoms with Crippen LogP contribution in [-0.2, 0) is 4.79 Å². The van der Waals surface area contributed by atoms with Crippen LogP contribution in [0.2, 0.25) is 0 Å². The first-order valence-corrected chi connectivity index (χ1v) is 5.34. The van der Waals surface area contributed by atoms with Gasteiger partial charge in [-0.25, -0.2) is 0 Å². The summed E-state index contributed by atoms with van der Waals surface area (Å²) in [5.41, 5.74) is 1.78. The van der Waals surface area contributed by atoms with Crippen molar-refractivity contribution in [1.29, 1.82) is 0 Å². The van der Waals surface area contributed by atoms with Crippen LogP contribution in [0.4, 0.5) is 0 Å². The topological polar surface area (TPSA) is 17.1 Å². The van der Waals surface area contributed by atoms with E-state index in [9.17, 15) is 4.79 Å². The van der Waals surface area contributed by atoms with Crippen molar-refractivity contribution in [3.63, 3.8) is 0 Å². The van der Waals surface area contributed by atoms with Gasteiger partial charge in [0, 0.05) is 12.8 Å². The van der Waals surface area contributed by atoms with Gasteiger partial charge in [0.2, 0.25) is 0 Å². The molecule has 0 saturated heterocycles. The van der Waals surface area contributed by atoms with Gasteiger partial charge in [-0.1, -0.05) is 25.5 Å². The molecule has 2 aliphatic carbocycles. The fourth-order valence-electron chi connectivity index (χ4n) is 2.82. The van der Waals surface area contributed by atoms with E-state index >= 15 is 0 Å². The molecule has 0 aromatic carbocycles. The van der Waals surface area contributed by atoms with Crippen molar-refractivity contribution in [3.8, 4) is 0 Å². The SMILES string of the molecule is CC1CCC=C2CCC(=O)CC21C. The second-order valence-electron chi connectivity index (χ2n) is 4.84. The minimum atomic E-state index is 0.216. The van der Waals surface area contributed by atoms with E-state index in [1.54, 1.807) is 5.57 Å². The van der Waals surface area contributed by atoms with E-state index in [-0.39, 0.29) is 5.41 Å². The molecule has 2 rings (SSSR count). The molecule has 1 nitrogen and oxygen atoms in total. The Hall–Kier alpha value is -0.590. The number of carbonyl (C=O) groups excluding carboxylic acids is 1. The molecule has 2 aliphatic rings. The lowest BCUT2D eigenvalue weighted by atomic mass is 9.61. The molecule has 72 valence electrons. The predicted molar refractivity (Wildman–Crippen MR) is 53.4 cm³/mol. The Morgan fingerprint density at radius 1 is 1.46 bits per heavy atom. The zero-order chi connectivity index (χ0) is 9.47. The first kappa shape index (κ1) is 8.98. The highest BCUT2D eigenvalue weighted by Crippen LogP contribution is 2.49.